The fourth-order valence-corrected chi connectivity index (χ4v) is 3.00. The Morgan fingerprint density at radius 3 is 2.52 bits per heavy atom. The number of halogens is 1. The van der Waals surface area contributed by atoms with Gasteiger partial charge in [-0.05, 0) is 48.2 Å². The van der Waals surface area contributed by atoms with E-state index in [0.717, 1.165) is 21.9 Å². The average Bonchev–Trinajstić information content (AvgIpc) is 2.97. The average molecular weight is 401 g/mol. The molecule has 6 heteroatoms. The quantitative estimate of drug-likeness (QED) is 0.697. The van der Waals surface area contributed by atoms with Gasteiger partial charge in [0.1, 0.15) is 11.7 Å². The Morgan fingerprint density at radius 2 is 1.84 bits per heavy atom. The molecule has 1 heterocycles. The van der Waals surface area contributed by atoms with Crippen LogP contribution in [0.2, 0.25) is 0 Å². The van der Waals surface area contributed by atoms with Crippen molar-refractivity contribution in [3.63, 3.8) is 0 Å². The molecule has 1 aromatic heterocycles. The first-order valence-corrected chi connectivity index (χ1v) is 8.99. The molecule has 3 rings (SSSR count). The van der Waals surface area contributed by atoms with Crippen LogP contribution in [-0.2, 0) is 0 Å². The predicted molar refractivity (Wildman–Crippen MR) is 102 cm³/mol. The highest BCUT2D eigenvalue weighted by Crippen LogP contribution is 2.28. The van der Waals surface area contributed by atoms with Crippen LogP contribution in [0.5, 0.6) is 0 Å². The topological polar surface area (TPSA) is 59.8 Å². The van der Waals surface area contributed by atoms with E-state index in [0.29, 0.717) is 5.56 Å². The third-order valence-corrected chi connectivity index (χ3v) is 4.41. The SMILES string of the molecule is CC(C)(C)CC(NC(=O)c1ccc(Br)cc1)n1nnc2ccccc21. The van der Waals surface area contributed by atoms with Crippen molar-refractivity contribution in [2.45, 2.75) is 33.4 Å². The molecule has 0 radical (unpaired) electrons. The Labute approximate surface area is 155 Å². The van der Waals surface area contributed by atoms with Crippen molar-refractivity contribution in [1.82, 2.24) is 20.3 Å². The molecule has 130 valence electrons. The van der Waals surface area contributed by atoms with Crippen molar-refractivity contribution in [2.75, 3.05) is 0 Å². The number of benzene rings is 2. The van der Waals surface area contributed by atoms with E-state index in [1.54, 1.807) is 16.8 Å². The maximum atomic E-state index is 12.7. The maximum Gasteiger partial charge on any atom is 0.252 e. The van der Waals surface area contributed by atoms with Crippen LogP contribution in [-0.4, -0.2) is 20.9 Å². The molecule has 0 saturated carbocycles. The van der Waals surface area contributed by atoms with Crippen molar-refractivity contribution >= 4 is 32.9 Å². The first kappa shape index (κ1) is 17.6. The molecule has 3 aromatic rings. The first-order valence-electron chi connectivity index (χ1n) is 8.20. The van der Waals surface area contributed by atoms with Crippen LogP contribution >= 0.6 is 15.9 Å². The number of aromatic nitrogens is 3. The Bertz CT molecular complexity index is 880. The maximum absolute atomic E-state index is 12.7. The van der Waals surface area contributed by atoms with Gasteiger partial charge in [0.15, 0.2) is 0 Å². The zero-order valence-corrected chi connectivity index (χ0v) is 16.1. The molecule has 1 unspecified atom stereocenters. The summed E-state index contributed by atoms with van der Waals surface area (Å²) >= 11 is 3.39. The lowest BCUT2D eigenvalue weighted by atomic mass is 9.90. The Morgan fingerprint density at radius 1 is 1.16 bits per heavy atom. The van der Waals surface area contributed by atoms with Gasteiger partial charge in [-0.1, -0.05) is 54.0 Å². The molecule has 0 fully saturated rings. The second-order valence-electron chi connectivity index (χ2n) is 7.28. The molecule has 0 bridgehead atoms. The number of nitrogens with zero attached hydrogens (tertiary/aromatic N) is 3. The summed E-state index contributed by atoms with van der Waals surface area (Å²) in [5.74, 6) is -0.124. The summed E-state index contributed by atoms with van der Waals surface area (Å²) in [6.07, 6.45) is 0.464. The van der Waals surface area contributed by atoms with Crippen LogP contribution < -0.4 is 5.32 Å². The lowest BCUT2D eigenvalue weighted by Gasteiger charge is -2.27. The van der Waals surface area contributed by atoms with Gasteiger partial charge in [-0.2, -0.15) is 0 Å². The molecule has 0 saturated heterocycles. The molecule has 0 aliphatic rings. The summed E-state index contributed by atoms with van der Waals surface area (Å²) < 4.78 is 2.75. The highest BCUT2D eigenvalue weighted by molar-refractivity contribution is 9.10. The van der Waals surface area contributed by atoms with Gasteiger partial charge < -0.3 is 5.32 Å². The van der Waals surface area contributed by atoms with Gasteiger partial charge in [-0.25, -0.2) is 4.68 Å². The van der Waals surface area contributed by atoms with Gasteiger partial charge in [-0.3, -0.25) is 4.79 Å². The predicted octanol–water partition coefficient (Wildman–Crippen LogP) is 4.56. The molecule has 1 amide bonds. The third kappa shape index (κ3) is 4.25. The van der Waals surface area contributed by atoms with E-state index in [1.165, 1.54) is 0 Å². The Hall–Kier alpha value is -2.21. The number of rotatable bonds is 4. The van der Waals surface area contributed by atoms with Crippen LogP contribution in [0.1, 0.15) is 43.7 Å². The van der Waals surface area contributed by atoms with Crippen LogP contribution in [0.3, 0.4) is 0 Å². The summed E-state index contributed by atoms with van der Waals surface area (Å²) in [4.78, 5) is 12.7. The van der Waals surface area contributed by atoms with E-state index in [9.17, 15) is 4.79 Å². The number of carbonyl (C=O) groups excluding carboxylic acids is 1. The molecule has 2 aromatic carbocycles. The molecule has 0 aliphatic heterocycles. The van der Waals surface area contributed by atoms with Crippen LogP contribution in [0.4, 0.5) is 0 Å². The lowest BCUT2D eigenvalue weighted by molar-refractivity contribution is 0.0897. The zero-order chi connectivity index (χ0) is 18.0. The fraction of sp³-hybridized carbons (Fsp3) is 0.316. The smallest absolute Gasteiger partial charge is 0.252 e. The van der Waals surface area contributed by atoms with Crippen LogP contribution in [0, 0.1) is 5.41 Å². The zero-order valence-electron chi connectivity index (χ0n) is 14.5. The second-order valence-corrected chi connectivity index (χ2v) is 8.20. The largest absolute Gasteiger partial charge is 0.330 e. The van der Waals surface area contributed by atoms with E-state index in [2.05, 4.69) is 52.3 Å². The number of nitrogens with one attached hydrogen (secondary N) is 1. The number of hydrogen-bond acceptors (Lipinski definition) is 3. The van der Waals surface area contributed by atoms with Gasteiger partial charge in [0.05, 0.1) is 5.52 Å². The minimum Gasteiger partial charge on any atom is -0.330 e. The summed E-state index contributed by atoms with van der Waals surface area (Å²) in [5.41, 5.74) is 2.36. The van der Waals surface area contributed by atoms with Gasteiger partial charge in [0.2, 0.25) is 0 Å². The summed E-state index contributed by atoms with van der Waals surface area (Å²) in [7, 11) is 0. The number of fused-ring (bicyclic) bond motifs is 1. The minimum absolute atomic E-state index is 0.0186. The van der Waals surface area contributed by atoms with E-state index in [1.807, 2.05) is 36.4 Å². The summed E-state index contributed by atoms with van der Waals surface area (Å²) in [6.45, 7) is 6.43. The Kier molecular flexibility index (Phi) is 4.90. The fourth-order valence-electron chi connectivity index (χ4n) is 2.73. The van der Waals surface area contributed by atoms with E-state index >= 15 is 0 Å². The number of carbonyl (C=O) groups is 1. The molecule has 0 spiro atoms. The lowest BCUT2D eigenvalue weighted by Crippen LogP contribution is -2.35. The van der Waals surface area contributed by atoms with Gasteiger partial charge in [0, 0.05) is 10.0 Å². The molecular weight excluding hydrogens is 380 g/mol. The van der Waals surface area contributed by atoms with Crippen molar-refractivity contribution in [1.29, 1.82) is 0 Å². The van der Waals surface area contributed by atoms with E-state index in [4.69, 9.17) is 0 Å². The highest BCUT2D eigenvalue weighted by atomic mass is 79.9. The van der Waals surface area contributed by atoms with Crippen molar-refractivity contribution in [3.05, 3.63) is 58.6 Å². The standard InChI is InChI=1S/C19H21BrN4O/c1-19(2,3)12-17(21-18(25)13-8-10-14(20)11-9-13)24-16-7-5-4-6-15(16)22-23-24/h4-11,17H,12H2,1-3H3,(H,21,25). The van der Waals surface area contributed by atoms with Gasteiger partial charge in [-0.15, -0.1) is 5.10 Å². The summed E-state index contributed by atoms with van der Waals surface area (Å²) in [6, 6.07) is 15.1. The molecule has 5 nitrogen and oxygen atoms in total. The molecule has 0 aliphatic carbocycles. The minimum atomic E-state index is -0.274. The highest BCUT2D eigenvalue weighted by Gasteiger charge is 2.24. The monoisotopic (exact) mass is 400 g/mol. The second kappa shape index (κ2) is 6.96. The van der Waals surface area contributed by atoms with Gasteiger partial charge >= 0.3 is 0 Å². The van der Waals surface area contributed by atoms with Crippen LogP contribution in [0.25, 0.3) is 11.0 Å². The number of hydrogen-bond donors (Lipinski definition) is 1. The van der Waals surface area contributed by atoms with E-state index < -0.39 is 0 Å². The van der Waals surface area contributed by atoms with Crippen molar-refractivity contribution in [3.8, 4) is 0 Å². The van der Waals surface area contributed by atoms with Crippen LogP contribution in [0.15, 0.2) is 53.0 Å². The molecule has 1 N–H and O–H groups in total. The third-order valence-electron chi connectivity index (χ3n) is 3.88. The molecule has 25 heavy (non-hydrogen) atoms. The number of para-hydroxylation sites is 1. The first-order chi connectivity index (χ1) is 11.8. The number of amides is 1. The Balaban J connectivity index is 1.92. The molecule has 1 atom stereocenters. The van der Waals surface area contributed by atoms with Gasteiger partial charge in [0.25, 0.3) is 5.91 Å². The molecular formula is C19H21BrN4O. The van der Waals surface area contributed by atoms with Crippen molar-refractivity contribution < 1.29 is 4.79 Å². The summed E-state index contributed by atoms with van der Waals surface area (Å²) in [5, 5.41) is 11.6. The van der Waals surface area contributed by atoms with Crippen molar-refractivity contribution in [2.24, 2.45) is 5.41 Å². The van der Waals surface area contributed by atoms with E-state index in [-0.39, 0.29) is 17.5 Å². The normalized spacial score (nSPS) is 13.0.